The Morgan fingerprint density at radius 1 is 1.17 bits per heavy atom. The summed E-state index contributed by atoms with van der Waals surface area (Å²) < 4.78 is 41.0. The fourth-order valence-electron chi connectivity index (χ4n) is 4.36. The molecule has 3 heterocycles. The molecule has 0 amide bonds. The zero-order valence-electron chi connectivity index (χ0n) is 17.3. The summed E-state index contributed by atoms with van der Waals surface area (Å²) in [5.41, 5.74) is 2.10. The molecule has 2 aliphatic heterocycles. The number of nitrogens with zero attached hydrogens (tertiary/aromatic N) is 2. The van der Waals surface area contributed by atoms with Crippen LogP contribution >= 0.6 is 23.1 Å². The fourth-order valence-corrected chi connectivity index (χ4v) is 9.42. The van der Waals surface area contributed by atoms with Crippen LogP contribution in [0.5, 0.6) is 0 Å². The molecule has 8 heteroatoms. The van der Waals surface area contributed by atoms with Crippen molar-refractivity contribution >= 4 is 38.6 Å². The molecule has 0 bridgehead atoms. The number of rotatable bonds is 7. The van der Waals surface area contributed by atoms with Crippen LogP contribution in [0.4, 0.5) is 10.1 Å². The van der Waals surface area contributed by atoms with Crippen LogP contribution in [0.2, 0.25) is 0 Å². The van der Waals surface area contributed by atoms with Crippen molar-refractivity contribution in [2.24, 2.45) is 0 Å². The van der Waals surface area contributed by atoms with Gasteiger partial charge in [-0.05, 0) is 73.9 Å². The van der Waals surface area contributed by atoms with Gasteiger partial charge in [0.15, 0.2) is 9.84 Å². The highest BCUT2D eigenvalue weighted by atomic mass is 32.2. The number of piperazine rings is 1. The number of sulfone groups is 1. The van der Waals surface area contributed by atoms with Crippen LogP contribution in [0.15, 0.2) is 38.8 Å². The molecule has 1 aromatic heterocycles. The Kier molecular flexibility index (Phi) is 7.07. The van der Waals surface area contributed by atoms with E-state index in [1.165, 1.54) is 23.5 Å². The predicted molar refractivity (Wildman–Crippen MR) is 124 cm³/mol. The summed E-state index contributed by atoms with van der Waals surface area (Å²) in [4.78, 5) is 4.70. The van der Waals surface area contributed by atoms with Gasteiger partial charge in [-0.25, -0.2) is 12.8 Å². The van der Waals surface area contributed by atoms with E-state index in [0.29, 0.717) is 4.21 Å². The van der Waals surface area contributed by atoms with E-state index >= 15 is 0 Å². The Hall–Kier alpha value is -1.09. The Labute approximate surface area is 187 Å². The van der Waals surface area contributed by atoms with Crippen LogP contribution in [0.1, 0.15) is 31.7 Å². The molecule has 0 spiro atoms. The van der Waals surface area contributed by atoms with Gasteiger partial charge in [0.25, 0.3) is 0 Å². The zero-order valence-corrected chi connectivity index (χ0v) is 19.8. The number of hydrogen-bond acceptors (Lipinski definition) is 6. The minimum absolute atomic E-state index is 0.204. The molecular formula is C22H29FN2O2S3. The first-order valence-corrected chi connectivity index (χ1v) is 14.0. The normalized spacial score (nSPS) is 21.5. The Morgan fingerprint density at radius 2 is 1.90 bits per heavy atom. The molecule has 4 nitrogen and oxygen atoms in total. The van der Waals surface area contributed by atoms with E-state index in [9.17, 15) is 12.8 Å². The average molecular weight is 469 g/mol. The molecule has 1 atom stereocenters. The summed E-state index contributed by atoms with van der Waals surface area (Å²) >= 11 is 3.20. The van der Waals surface area contributed by atoms with Crippen LogP contribution < -0.4 is 4.90 Å². The lowest BCUT2D eigenvalue weighted by atomic mass is 10.1. The molecule has 2 aromatic rings. The minimum Gasteiger partial charge on any atom is -0.369 e. The van der Waals surface area contributed by atoms with Crippen molar-refractivity contribution in [2.45, 2.75) is 46.3 Å². The van der Waals surface area contributed by atoms with E-state index in [2.05, 4.69) is 22.8 Å². The first-order valence-electron chi connectivity index (χ1n) is 10.7. The van der Waals surface area contributed by atoms with Crippen LogP contribution in [0, 0.1) is 5.82 Å². The second-order valence-corrected chi connectivity index (χ2v) is 13.0. The second-order valence-electron chi connectivity index (χ2n) is 7.96. The molecule has 1 unspecified atom stereocenters. The largest absolute Gasteiger partial charge is 0.369 e. The Morgan fingerprint density at radius 3 is 2.60 bits per heavy atom. The van der Waals surface area contributed by atoms with E-state index in [4.69, 9.17) is 0 Å². The maximum absolute atomic E-state index is 13.1. The molecule has 1 aromatic carbocycles. The van der Waals surface area contributed by atoms with Gasteiger partial charge in [-0.2, -0.15) is 0 Å². The lowest BCUT2D eigenvalue weighted by Gasteiger charge is -2.36. The quantitative estimate of drug-likeness (QED) is 0.552. The van der Waals surface area contributed by atoms with Gasteiger partial charge in [-0.1, -0.05) is 6.92 Å². The van der Waals surface area contributed by atoms with Gasteiger partial charge < -0.3 is 4.90 Å². The zero-order chi connectivity index (χ0) is 21.1. The number of halogens is 1. The fraction of sp³-hybridized carbons (Fsp3) is 0.545. The first kappa shape index (κ1) is 22.1. The average Bonchev–Trinajstić information content (AvgIpc) is 3.16. The van der Waals surface area contributed by atoms with Crippen molar-refractivity contribution in [1.29, 1.82) is 0 Å². The van der Waals surface area contributed by atoms with Gasteiger partial charge >= 0.3 is 0 Å². The SMILES string of the molecule is CCSc1cc2c(s1)S(=O)(=O)C(CCCN1CCN(c3ccc(F)cc3)CC1)CC2. The molecule has 0 saturated carbocycles. The van der Waals surface area contributed by atoms with E-state index in [1.54, 1.807) is 11.8 Å². The third-order valence-electron chi connectivity index (χ3n) is 6.03. The molecule has 0 radical (unpaired) electrons. The van der Waals surface area contributed by atoms with E-state index < -0.39 is 9.84 Å². The van der Waals surface area contributed by atoms with Gasteiger partial charge in [0.1, 0.15) is 10.0 Å². The van der Waals surface area contributed by atoms with Crippen molar-refractivity contribution in [2.75, 3.05) is 43.4 Å². The second kappa shape index (κ2) is 9.59. The topological polar surface area (TPSA) is 40.6 Å². The van der Waals surface area contributed by atoms with Crippen molar-refractivity contribution in [3.05, 3.63) is 41.7 Å². The van der Waals surface area contributed by atoms with Crippen molar-refractivity contribution < 1.29 is 12.8 Å². The van der Waals surface area contributed by atoms with Gasteiger partial charge in [-0.3, -0.25) is 4.90 Å². The number of fused-ring (bicyclic) bond motifs is 1. The third kappa shape index (κ3) is 4.87. The molecule has 1 saturated heterocycles. The van der Waals surface area contributed by atoms with Crippen molar-refractivity contribution in [1.82, 2.24) is 4.90 Å². The lowest BCUT2D eigenvalue weighted by molar-refractivity contribution is 0.252. The third-order valence-corrected chi connectivity index (χ3v) is 11.2. The van der Waals surface area contributed by atoms with Crippen LogP contribution in [0.25, 0.3) is 0 Å². The number of aryl methyl sites for hydroxylation is 1. The first-order chi connectivity index (χ1) is 14.5. The number of hydrogen-bond donors (Lipinski definition) is 0. The standard InChI is InChI=1S/C22H29FN2O2S3/c1-2-28-21-16-17-5-10-20(30(26,27)22(17)29-21)4-3-11-24-12-14-25(15-13-24)19-8-6-18(23)7-9-19/h6-9,16,20H,2-5,10-15H2,1H3. The van der Waals surface area contributed by atoms with E-state index in [1.807, 2.05) is 12.1 Å². The summed E-state index contributed by atoms with van der Waals surface area (Å²) in [7, 11) is -3.18. The van der Waals surface area contributed by atoms with Gasteiger partial charge in [0.2, 0.25) is 0 Å². The molecule has 0 aliphatic carbocycles. The minimum atomic E-state index is -3.18. The molecule has 164 valence electrons. The summed E-state index contributed by atoms with van der Waals surface area (Å²) in [6, 6.07) is 8.78. The van der Waals surface area contributed by atoms with Gasteiger partial charge in [-0.15, -0.1) is 23.1 Å². The number of thiophene rings is 1. The summed E-state index contributed by atoms with van der Waals surface area (Å²) in [5, 5.41) is -0.233. The number of benzene rings is 1. The molecule has 30 heavy (non-hydrogen) atoms. The summed E-state index contributed by atoms with van der Waals surface area (Å²) in [5.74, 6) is 0.766. The highest BCUT2D eigenvalue weighted by molar-refractivity contribution is 8.01. The summed E-state index contributed by atoms with van der Waals surface area (Å²) in [6.07, 6.45) is 3.29. The van der Waals surface area contributed by atoms with E-state index in [0.717, 1.165) is 79.6 Å². The van der Waals surface area contributed by atoms with Crippen molar-refractivity contribution in [3.8, 4) is 0 Å². The lowest BCUT2D eigenvalue weighted by Crippen LogP contribution is -2.46. The molecule has 0 N–H and O–H groups in total. The molecule has 2 aliphatic rings. The maximum Gasteiger partial charge on any atom is 0.190 e. The highest BCUT2D eigenvalue weighted by Gasteiger charge is 2.35. The summed E-state index contributed by atoms with van der Waals surface area (Å²) in [6.45, 7) is 6.80. The van der Waals surface area contributed by atoms with Crippen LogP contribution in [-0.2, 0) is 16.3 Å². The van der Waals surface area contributed by atoms with Gasteiger partial charge in [0, 0.05) is 31.9 Å². The Bertz CT molecular complexity index is 951. The predicted octanol–water partition coefficient (Wildman–Crippen LogP) is 4.69. The molecule has 1 fully saturated rings. The van der Waals surface area contributed by atoms with Crippen LogP contribution in [-0.4, -0.2) is 57.0 Å². The number of thioether (sulfide) groups is 1. The maximum atomic E-state index is 13.1. The van der Waals surface area contributed by atoms with Gasteiger partial charge in [0.05, 0.1) is 9.46 Å². The van der Waals surface area contributed by atoms with Crippen LogP contribution in [0.3, 0.4) is 0 Å². The highest BCUT2D eigenvalue weighted by Crippen LogP contribution is 2.41. The van der Waals surface area contributed by atoms with E-state index in [-0.39, 0.29) is 11.1 Å². The molecular weight excluding hydrogens is 439 g/mol. The van der Waals surface area contributed by atoms with Crippen molar-refractivity contribution in [3.63, 3.8) is 0 Å². The smallest absolute Gasteiger partial charge is 0.190 e. The Balaban J connectivity index is 1.26. The monoisotopic (exact) mass is 468 g/mol. The number of anilines is 1. The molecule has 4 rings (SSSR count).